The molecule has 2 rings (SSSR count). The summed E-state index contributed by atoms with van der Waals surface area (Å²) >= 11 is 3.41. The van der Waals surface area contributed by atoms with Gasteiger partial charge in [-0.05, 0) is 37.5 Å². The van der Waals surface area contributed by atoms with Gasteiger partial charge in [0.05, 0.1) is 11.4 Å². The van der Waals surface area contributed by atoms with Crippen LogP contribution in [-0.4, -0.2) is 5.91 Å². The Morgan fingerprint density at radius 2 is 1.89 bits per heavy atom. The summed E-state index contributed by atoms with van der Waals surface area (Å²) in [6, 6.07) is 3.80. The minimum Gasteiger partial charge on any atom is -0.397 e. The molecule has 0 saturated heterocycles. The third kappa shape index (κ3) is 3.72. The van der Waals surface area contributed by atoms with Crippen LogP contribution in [0.15, 0.2) is 16.6 Å². The van der Waals surface area contributed by atoms with E-state index in [9.17, 15) is 4.79 Å². The number of hydrogen-bond acceptors (Lipinski definition) is 2. The quantitative estimate of drug-likeness (QED) is 0.631. The van der Waals surface area contributed by atoms with Gasteiger partial charge in [-0.3, -0.25) is 4.79 Å². The highest BCUT2D eigenvalue weighted by molar-refractivity contribution is 9.10. The van der Waals surface area contributed by atoms with Gasteiger partial charge in [0, 0.05) is 10.4 Å². The summed E-state index contributed by atoms with van der Waals surface area (Å²) in [5.74, 6) is 0.268. The van der Waals surface area contributed by atoms with Crippen LogP contribution in [0.4, 0.5) is 11.4 Å². The van der Waals surface area contributed by atoms with E-state index < -0.39 is 0 Å². The van der Waals surface area contributed by atoms with E-state index in [-0.39, 0.29) is 11.8 Å². The van der Waals surface area contributed by atoms with E-state index in [1.165, 1.54) is 12.8 Å². The fraction of sp³-hybridized carbons (Fsp3) is 0.533. The SMILES string of the molecule is Cc1cc(Br)cc(N)c1NC(=O)C1CCCCCC1. The molecule has 0 radical (unpaired) electrons. The summed E-state index contributed by atoms with van der Waals surface area (Å²) in [6.07, 6.45) is 6.83. The van der Waals surface area contributed by atoms with Crippen molar-refractivity contribution in [1.29, 1.82) is 0 Å². The number of halogens is 1. The predicted molar refractivity (Wildman–Crippen MR) is 83.1 cm³/mol. The molecule has 0 atom stereocenters. The summed E-state index contributed by atoms with van der Waals surface area (Å²) in [4.78, 5) is 12.3. The first-order valence-electron chi connectivity index (χ1n) is 6.94. The number of nitrogens with two attached hydrogens (primary N) is 1. The molecule has 1 aliphatic carbocycles. The lowest BCUT2D eigenvalue weighted by atomic mass is 9.99. The van der Waals surface area contributed by atoms with E-state index in [0.717, 1.165) is 41.4 Å². The Morgan fingerprint density at radius 3 is 2.47 bits per heavy atom. The molecule has 19 heavy (non-hydrogen) atoms. The van der Waals surface area contributed by atoms with Crippen LogP contribution >= 0.6 is 15.9 Å². The number of rotatable bonds is 2. The Morgan fingerprint density at radius 1 is 1.26 bits per heavy atom. The second-order valence-electron chi connectivity index (χ2n) is 5.36. The van der Waals surface area contributed by atoms with E-state index in [0.29, 0.717) is 5.69 Å². The molecule has 3 nitrogen and oxygen atoms in total. The number of carbonyl (C=O) groups is 1. The number of aryl methyl sites for hydroxylation is 1. The van der Waals surface area contributed by atoms with Gasteiger partial charge in [-0.1, -0.05) is 41.6 Å². The molecule has 1 aromatic rings. The van der Waals surface area contributed by atoms with Crippen molar-refractivity contribution in [3.8, 4) is 0 Å². The molecule has 1 saturated carbocycles. The smallest absolute Gasteiger partial charge is 0.227 e. The van der Waals surface area contributed by atoms with Gasteiger partial charge in [-0.15, -0.1) is 0 Å². The maximum absolute atomic E-state index is 12.3. The molecule has 0 bridgehead atoms. The van der Waals surface area contributed by atoms with Crippen LogP contribution in [0.3, 0.4) is 0 Å². The first-order chi connectivity index (χ1) is 9.08. The van der Waals surface area contributed by atoms with Gasteiger partial charge in [0.1, 0.15) is 0 Å². The van der Waals surface area contributed by atoms with Crippen molar-refractivity contribution in [3.63, 3.8) is 0 Å². The van der Waals surface area contributed by atoms with Gasteiger partial charge in [-0.25, -0.2) is 0 Å². The molecule has 0 spiro atoms. The van der Waals surface area contributed by atoms with Crippen molar-refractivity contribution in [1.82, 2.24) is 0 Å². The molecule has 1 amide bonds. The summed E-state index contributed by atoms with van der Waals surface area (Å²) in [5, 5.41) is 3.02. The zero-order chi connectivity index (χ0) is 13.8. The summed E-state index contributed by atoms with van der Waals surface area (Å²) in [5.41, 5.74) is 8.36. The van der Waals surface area contributed by atoms with Gasteiger partial charge >= 0.3 is 0 Å². The Kier molecular flexibility index (Phi) is 4.86. The van der Waals surface area contributed by atoms with E-state index >= 15 is 0 Å². The minimum absolute atomic E-state index is 0.124. The van der Waals surface area contributed by atoms with E-state index in [1.807, 2.05) is 19.1 Å². The molecular formula is C15H21BrN2O. The monoisotopic (exact) mass is 324 g/mol. The van der Waals surface area contributed by atoms with Crippen molar-refractivity contribution in [2.75, 3.05) is 11.1 Å². The number of carbonyl (C=O) groups excluding carboxylic acids is 1. The highest BCUT2D eigenvalue weighted by Gasteiger charge is 2.21. The Balaban J connectivity index is 2.10. The first kappa shape index (κ1) is 14.4. The summed E-state index contributed by atoms with van der Waals surface area (Å²) in [6.45, 7) is 1.96. The lowest BCUT2D eigenvalue weighted by Gasteiger charge is -2.17. The number of nitrogen functional groups attached to an aromatic ring is 1. The van der Waals surface area contributed by atoms with Crippen LogP contribution in [0.2, 0.25) is 0 Å². The van der Waals surface area contributed by atoms with Crippen molar-refractivity contribution in [2.24, 2.45) is 5.92 Å². The Labute approximate surface area is 123 Å². The van der Waals surface area contributed by atoms with Crippen LogP contribution in [0.5, 0.6) is 0 Å². The van der Waals surface area contributed by atoms with Crippen molar-refractivity contribution >= 4 is 33.2 Å². The molecule has 104 valence electrons. The van der Waals surface area contributed by atoms with Gasteiger partial charge in [-0.2, -0.15) is 0 Å². The van der Waals surface area contributed by atoms with Crippen molar-refractivity contribution in [2.45, 2.75) is 45.4 Å². The number of anilines is 2. The molecule has 0 unspecified atom stereocenters. The topological polar surface area (TPSA) is 55.1 Å². The maximum atomic E-state index is 12.3. The Bertz CT molecular complexity index is 442. The fourth-order valence-corrected chi connectivity index (χ4v) is 3.30. The highest BCUT2D eigenvalue weighted by Crippen LogP contribution is 2.30. The largest absolute Gasteiger partial charge is 0.397 e. The van der Waals surface area contributed by atoms with Gasteiger partial charge < -0.3 is 11.1 Å². The standard InChI is InChI=1S/C15H21BrN2O/c1-10-8-12(16)9-13(17)14(10)18-15(19)11-6-4-2-3-5-7-11/h8-9,11H,2-7,17H2,1H3,(H,18,19). The van der Waals surface area contributed by atoms with Gasteiger partial charge in [0.2, 0.25) is 5.91 Å². The second-order valence-corrected chi connectivity index (χ2v) is 6.28. The summed E-state index contributed by atoms with van der Waals surface area (Å²) in [7, 11) is 0. The lowest BCUT2D eigenvalue weighted by Crippen LogP contribution is -2.23. The third-order valence-electron chi connectivity index (χ3n) is 3.80. The highest BCUT2D eigenvalue weighted by atomic mass is 79.9. The van der Waals surface area contributed by atoms with Crippen LogP contribution < -0.4 is 11.1 Å². The van der Waals surface area contributed by atoms with Crippen molar-refractivity contribution < 1.29 is 4.79 Å². The Hall–Kier alpha value is -1.03. The van der Waals surface area contributed by atoms with Crippen LogP contribution in [-0.2, 0) is 4.79 Å². The zero-order valence-electron chi connectivity index (χ0n) is 11.3. The zero-order valence-corrected chi connectivity index (χ0v) is 12.9. The maximum Gasteiger partial charge on any atom is 0.227 e. The van der Waals surface area contributed by atoms with Crippen molar-refractivity contribution in [3.05, 3.63) is 22.2 Å². The molecule has 1 aliphatic rings. The van der Waals surface area contributed by atoms with E-state index in [1.54, 1.807) is 0 Å². The number of benzene rings is 1. The van der Waals surface area contributed by atoms with Gasteiger partial charge in [0.25, 0.3) is 0 Å². The van der Waals surface area contributed by atoms with Gasteiger partial charge in [0.15, 0.2) is 0 Å². The second kappa shape index (κ2) is 6.42. The predicted octanol–water partition coefficient (Wildman–Crippen LogP) is 4.25. The molecule has 3 N–H and O–H groups in total. The molecule has 1 fully saturated rings. The van der Waals surface area contributed by atoms with Crippen LogP contribution in [0.1, 0.15) is 44.1 Å². The number of amides is 1. The molecule has 0 aromatic heterocycles. The number of nitrogens with one attached hydrogen (secondary N) is 1. The van der Waals surface area contributed by atoms with Crippen LogP contribution in [0.25, 0.3) is 0 Å². The molecule has 0 heterocycles. The molecule has 0 aliphatic heterocycles. The average molecular weight is 325 g/mol. The fourth-order valence-electron chi connectivity index (χ4n) is 2.71. The molecule has 1 aromatic carbocycles. The van der Waals surface area contributed by atoms with Crippen LogP contribution in [0, 0.1) is 12.8 Å². The lowest BCUT2D eigenvalue weighted by molar-refractivity contribution is -0.120. The van der Waals surface area contributed by atoms with E-state index in [4.69, 9.17) is 5.73 Å². The normalized spacial score (nSPS) is 16.9. The van der Waals surface area contributed by atoms with E-state index in [2.05, 4.69) is 21.2 Å². The summed E-state index contributed by atoms with van der Waals surface area (Å²) < 4.78 is 0.940. The minimum atomic E-state index is 0.124. The molecule has 4 heteroatoms. The first-order valence-corrected chi connectivity index (χ1v) is 7.73. The average Bonchev–Trinajstić information content (AvgIpc) is 2.62. The molecular weight excluding hydrogens is 304 g/mol. The third-order valence-corrected chi connectivity index (χ3v) is 4.26. The number of hydrogen-bond donors (Lipinski definition) is 2.